The second-order valence-electron chi connectivity index (χ2n) is 4.48. The Morgan fingerprint density at radius 1 is 1.36 bits per heavy atom. The van der Waals surface area contributed by atoms with Gasteiger partial charge in [-0.25, -0.2) is 0 Å². The summed E-state index contributed by atoms with van der Waals surface area (Å²) in [6.07, 6.45) is 5.37. The molecule has 0 aromatic carbocycles. The van der Waals surface area contributed by atoms with Crippen LogP contribution in [0.2, 0.25) is 0 Å². The van der Waals surface area contributed by atoms with Crippen molar-refractivity contribution in [2.24, 2.45) is 17.8 Å². The molecule has 1 amide bonds. The van der Waals surface area contributed by atoms with Gasteiger partial charge < -0.3 is 5.32 Å². The van der Waals surface area contributed by atoms with Crippen molar-refractivity contribution in [2.75, 3.05) is 6.54 Å². The topological polar surface area (TPSA) is 52.9 Å². The number of amides is 1. The van der Waals surface area contributed by atoms with Gasteiger partial charge in [-0.1, -0.05) is 0 Å². The molecule has 3 heteroatoms. The van der Waals surface area contributed by atoms with E-state index in [9.17, 15) is 4.79 Å². The first-order valence-corrected chi connectivity index (χ1v) is 5.45. The molecule has 0 spiro atoms. The molecule has 1 N–H and O–H groups in total. The van der Waals surface area contributed by atoms with E-state index in [0.29, 0.717) is 5.92 Å². The van der Waals surface area contributed by atoms with E-state index in [4.69, 9.17) is 5.26 Å². The Morgan fingerprint density at radius 2 is 1.93 bits per heavy atom. The van der Waals surface area contributed by atoms with Crippen molar-refractivity contribution >= 4 is 5.91 Å². The van der Waals surface area contributed by atoms with Gasteiger partial charge in [0.05, 0.1) is 6.07 Å². The molecular formula is C11H16N2O. The maximum absolute atomic E-state index is 11.1. The summed E-state index contributed by atoms with van der Waals surface area (Å²) in [7, 11) is 0. The highest BCUT2D eigenvalue weighted by Gasteiger charge is 2.41. The van der Waals surface area contributed by atoms with Gasteiger partial charge in [0.2, 0.25) is 5.91 Å². The molecule has 0 aliphatic heterocycles. The van der Waals surface area contributed by atoms with E-state index in [0.717, 1.165) is 18.4 Å². The smallest absolute Gasteiger partial charge is 0.234 e. The predicted molar refractivity (Wildman–Crippen MR) is 52.2 cm³/mol. The van der Waals surface area contributed by atoms with Crippen LogP contribution in [0, 0.1) is 29.1 Å². The maximum atomic E-state index is 11.1. The minimum atomic E-state index is -0.112. The third-order valence-electron chi connectivity index (χ3n) is 3.23. The van der Waals surface area contributed by atoms with E-state index in [1.54, 1.807) is 0 Å². The van der Waals surface area contributed by atoms with Crippen LogP contribution in [0.3, 0.4) is 0 Å². The lowest BCUT2D eigenvalue weighted by molar-refractivity contribution is -0.120. The van der Waals surface area contributed by atoms with Crippen LogP contribution in [-0.2, 0) is 4.79 Å². The van der Waals surface area contributed by atoms with E-state index in [-0.39, 0.29) is 12.3 Å². The zero-order chi connectivity index (χ0) is 9.97. The summed E-state index contributed by atoms with van der Waals surface area (Å²) in [5.74, 6) is 2.33. The summed E-state index contributed by atoms with van der Waals surface area (Å²) in [5, 5.41) is 11.2. The van der Waals surface area contributed by atoms with Crippen LogP contribution in [-0.4, -0.2) is 12.5 Å². The molecule has 76 valence electrons. The Hall–Kier alpha value is -1.04. The molecule has 3 nitrogen and oxygen atoms in total. The lowest BCUT2D eigenvalue weighted by atomic mass is 9.98. The van der Waals surface area contributed by atoms with Crippen molar-refractivity contribution in [3.8, 4) is 6.07 Å². The van der Waals surface area contributed by atoms with Gasteiger partial charge >= 0.3 is 0 Å². The van der Waals surface area contributed by atoms with Crippen molar-refractivity contribution in [2.45, 2.75) is 32.1 Å². The molecule has 0 radical (unpaired) electrons. The first-order chi connectivity index (χ1) is 6.81. The fourth-order valence-electron chi connectivity index (χ4n) is 2.13. The van der Waals surface area contributed by atoms with Gasteiger partial charge in [-0.05, 0) is 43.4 Å². The third-order valence-corrected chi connectivity index (χ3v) is 3.23. The third kappa shape index (κ3) is 2.47. The highest BCUT2D eigenvalue weighted by Crippen LogP contribution is 2.48. The van der Waals surface area contributed by atoms with Gasteiger partial charge in [-0.2, -0.15) is 5.26 Å². The Labute approximate surface area is 84.5 Å². The van der Waals surface area contributed by atoms with Gasteiger partial charge in [-0.15, -0.1) is 0 Å². The van der Waals surface area contributed by atoms with Crippen molar-refractivity contribution < 1.29 is 4.79 Å². The molecule has 2 aliphatic carbocycles. The van der Waals surface area contributed by atoms with Crippen LogP contribution < -0.4 is 5.32 Å². The van der Waals surface area contributed by atoms with Crippen molar-refractivity contribution in [3.05, 3.63) is 0 Å². The van der Waals surface area contributed by atoms with Crippen LogP contribution in [0.25, 0.3) is 0 Å². The number of nitrogens with zero attached hydrogens (tertiary/aromatic N) is 1. The Morgan fingerprint density at radius 3 is 2.36 bits per heavy atom. The molecule has 2 saturated carbocycles. The number of carbonyl (C=O) groups excluding carboxylic acids is 1. The molecule has 2 rings (SSSR count). The normalized spacial score (nSPS) is 20.6. The highest BCUT2D eigenvalue weighted by atomic mass is 16.1. The highest BCUT2D eigenvalue weighted by molar-refractivity contribution is 5.77. The van der Waals surface area contributed by atoms with Crippen molar-refractivity contribution in [1.82, 2.24) is 5.32 Å². The summed E-state index contributed by atoms with van der Waals surface area (Å²) < 4.78 is 0. The molecule has 2 fully saturated rings. The minimum Gasteiger partial charge on any atom is -0.355 e. The minimum absolute atomic E-state index is 0.00204. The summed E-state index contributed by atoms with van der Waals surface area (Å²) >= 11 is 0. The van der Waals surface area contributed by atoms with Crippen LogP contribution in [0.1, 0.15) is 32.1 Å². The number of hydrogen-bond donors (Lipinski definition) is 1. The Kier molecular flexibility index (Phi) is 2.72. The van der Waals surface area contributed by atoms with Crippen LogP contribution >= 0.6 is 0 Å². The van der Waals surface area contributed by atoms with E-state index >= 15 is 0 Å². The SMILES string of the molecule is N#CCC(=O)NCC(C1CC1)C1CC1. The molecule has 2 aliphatic rings. The molecule has 0 aromatic heterocycles. The summed E-state index contributed by atoms with van der Waals surface area (Å²) in [6, 6.07) is 1.87. The molecule has 0 atom stereocenters. The van der Waals surface area contributed by atoms with Crippen LogP contribution in [0.15, 0.2) is 0 Å². The molecule has 0 heterocycles. The second kappa shape index (κ2) is 4.00. The largest absolute Gasteiger partial charge is 0.355 e. The molecule has 0 unspecified atom stereocenters. The first kappa shape index (κ1) is 9.51. The van der Waals surface area contributed by atoms with Crippen LogP contribution in [0.5, 0.6) is 0 Å². The summed E-state index contributed by atoms with van der Waals surface area (Å²) in [5.41, 5.74) is 0. The van der Waals surface area contributed by atoms with Gasteiger partial charge in [0, 0.05) is 6.54 Å². The van der Waals surface area contributed by atoms with Crippen LogP contribution in [0.4, 0.5) is 0 Å². The lowest BCUT2D eigenvalue weighted by Crippen LogP contribution is -2.30. The molecular weight excluding hydrogens is 176 g/mol. The van der Waals surface area contributed by atoms with Crippen molar-refractivity contribution in [3.63, 3.8) is 0 Å². The Bertz CT molecular complexity index is 249. The first-order valence-electron chi connectivity index (χ1n) is 5.45. The lowest BCUT2D eigenvalue weighted by Gasteiger charge is -2.15. The molecule has 14 heavy (non-hydrogen) atoms. The molecule has 0 bridgehead atoms. The number of rotatable bonds is 5. The van der Waals surface area contributed by atoms with Gasteiger partial charge in [-0.3, -0.25) is 4.79 Å². The fourth-order valence-corrected chi connectivity index (χ4v) is 2.13. The monoisotopic (exact) mass is 192 g/mol. The maximum Gasteiger partial charge on any atom is 0.234 e. The summed E-state index contributed by atoms with van der Waals surface area (Å²) in [4.78, 5) is 11.1. The van der Waals surface area contributed by atoms with E-state index in [1.807, 2.05) is 6.07 Å². The average molecular weight is 192 g/mol. The number of carbonyl (C=O) groups is 1. The van der Waals surface area contributed by atoms with Crippen molar-refractivity contribution in [1.29, 1.82) is 5.26 Å². The second-order valence-corrected chi connectivity index (χ2v) is 4.48. The predicted octanol–water partition coefficient (Wildman–Crippen LogP) is 1.45. The average Bonchev–Trinajstić information content (AvgIpc) is 3.01. The molecule has 0 saturated heterocycles. The number of nitriles is 1. The van der Waals surface area contributed by atoms with Gasteiger partial charge in [0.25, 0.3) is 0 Å². The Balaban J connectivity index is 1.71. The number of hydrogen-bond acceptors (Lipinski definition) is 2. The van der Waals surface area contributed by atoms with Gasteiger partial charge in [0.1, 0.15) is 6.42 Å². The quantitative estimate of drug-likeness (QED) is 0.716. The zero-order valence-electron chi connectivity index (χ0n) is 8.33. The summed E-state index contributed by atoms with van der Waals surface area (Å²) in [6.45, 7) is 0.801. The molecule has 0 aromatic rings. The zero-order valence-corrected chi connectivity index (χ0v) is 8.33. The fraction of sp³-hybridized carbons (Fsp3) is 0.818. The standard InChI is InChI=1S/C11H16N2O/c12-6-5-11(14)13-7-10(8-1-2-8)9-3-4-9/h8-10H,1-5,7H2,(H,13,14). The van der Waals surface area contributed by atoms with E-state index in [2.05, 4.69) is 5.32 Å². The van der Waals surface area contributed by atoms with E-state index in [1.165, 1.54) is 25.7 Å². The van der Waals surface area contributed by atoms with E-state index < -0.39 is 0 Å². The number of nitrogens with one attached hydrogen (secondary N) is 1. The van der Waals surface area contributed by atoms with Gasteiger partial charge in [0.15, 0.2) is 0 Å².